The van der Waals surface area contributed by atoms with Crippen molar-refractivity contribution in [2.24, 2.45) is 0 Å². The van der Waals surface area contributed by atoms with E-state index in [0.717, 1.165) is 18.1 Å². The topological polar surface area (TPSA) is 42.6 Å². The summed E-state index contributed by atoms with van der Waals surface area (Å²) in [6.45, 7) is 11.7. The number of allylic oxidation sites excluding steroid dienone is 1. The third-order valence-electron chi connectivity index (χ3n) is 4.93. The third-order valence-corrected chi connectivity index (χ3v) is 4.93. The Hall–Kier alpha value is -2.04. The van der Waals surface area contributed by atoms with Crippen molar-refractivity contribution in [3.63, 3.8) is 0 Å². The maximum absolute atomic E-state index is 4.28. The molecule has 2 aliphatic rings. The van der Waals surface area contributed by atoms with E-state index in [1.165, 1.54) is 11.3 Å². The summed E-state index contributed by atoms with van der Waals surface area (Å²) in [4.78, 5) is 4.50. The van der Waals surface area contributed by atoms with Crippen LogP contribution in [0.4, 0.5) is 0 Å². The maximum Gasteiger partial charge on any atom is 0.102 e. The van der Waals surface area contributed by atoms with E-state index in [4.69, 9.17) is 0 Å². The van der Waals surface area contributed by atoms with Crippen molar-refractivity contribution in [2.45, 2.75) is 38.9 Å². The van der Waals surface area contributed by atoms with E-state index in [0.29, 0.717) is 6.04 Å². The summed E-state index contributed by atoms with van der Waals surface area (Å²) in [6.07, 6.45) is 6.56. The molecule has 5 heteroatoms. The van der Waals surface area contributed by atoms with Crippen LogP contribution >= 0.6 is 0 Å². The highest BCUT2D eigenvalue weighted by molar-refractivity contribution is 5.33. The lowest BCUT2D eigenvalue weighted by molar-refractivity contribution is 0.301. The molecule has 0 spiro atoms. The fraction of sp³-hybridized carbons (Fsp3) is 0.556. The predicted octanol–water partition coefficient (Wildman–Crippen LogP) is 1.56. The summed E-state index contributed by atoms with van der Waals surface area (Å²) in [5, 5.41) is 10.2. The lowest BCUT2D eigenvalue weighted by Crippen LogP contribution is -2.48. The van der Waals surface area contributed by atoms with Gasteiger partial charge in [0.1, 0.15) is 5.82 Å². The van der Waals surface area contributed by atoms with Crippen molar-refractivity contribution in [1.82, 2.24) is 25.8 Å². The second kappa shape index (κ2) is 7.02. The van der Waals surface area contributed by atoms with E-state index in [-0.39, 0.29) is 12.1 Å². The van der Waals surface area contributed by atoms with Crippen LogP contribution in [0.3, 0.4) is 0 Å². The molecule has 23 heavy (non-hydrogen) atoms. The molecule has 0 bridgehead atoms. The molecule has 0 aromatic carbocycles. The molecule has 2 aliphatic heterocycles. The number of hydrogen-bond donors (Lipinski definition) is 3. The van der Waals surface area contributed by atoms with Crippen molar-refractivity contribution < 1.29 is 0 Å². The van der Waals surface area contributed by atoms with E-state index in [9.17, 15) is 0 Å². The van der Waals surface area contributed by atoms with Gasteiger partial charge in [-0.25, -0.2) is 0 Å². The van der Waals surface area contributed by atoms with Gasteiger partial charge in [0.05, 0.1) is 6.04 Å². The summed E-state index contributed by atoms with van der Waals surface area (Å²) < 4.78 is 0. The van der Waals surface area contributed by atoms with Gasteiger partial charge in [0.2, 0.25) is 0 Å². The fourth-order valence-corrected chi connectivity index (χ4v) is 3.05. The molecule has 3 atom stereocenters. The average Bonchev–Trinajstić information content (AvgIpc) is 2.52. The van der Waals surface area contributed by atoms with Gasteiger partial charge in [-0.2, -0.15) is 0 Å². The summed E-state index contributed by atoms with van der Waals surface area (Å²) in [5.74, 6) is 1.14. The summed E-state index contributed by atoms with van der Waals surface area (Å²) >= 11 is 0. The van der Waals surface area contributed by atoms with Gasteiger partial charge < -0.3 is 25.8 Å². The van der Waals surface area contributed by atoms with E-state index < -0.39 is 0 Å². The van der Waals surface area contributed by atoms with Gasteiger partial charge in [0.15, 0.2) is 0 Å². The summed E-state index contributed by atoms with van der Waals surface area (Å²) in [7, 11) is 6.19. The standard InChI is InChI=1S/C18H31N5/c1-12-8-16(9-18(19-5)23(12)7)14(3)21-15(4)17-11-20-10-13(2)22(17)6/h8-10,12,14,17,19-21H,4,11H2,1-3,5-7H3. The van der Waals surface area contributed by atoms with Crippen molar-refractivity contribution in [3.8, 4) is 0 Å². The van der Waals surface area contributed by atoms with Gasteiger partial charge in [0.25, 0.3) is 0 Å². The van der Waals surface area contributed by atoms with Crippen LogP contribution in [-0.2, 0) is 0 Å². The van der Waals surface area contributed by atoms with Gasteiger partial charge in [-0.05, 0) is 32.4 Å². The molecule has 2 rings (SSSR count). The first-order chi connectivity index (χ1) is 10.8. The Labute approximate surface area is 140 Å². The van der Waals surface area contributed by atoms with E-state index in [2.05, 4.69) is 85.5 Å². The number of likely N-dealkylation sites (N-methyl/N-ethyl adjacent to an activating group) is 2. The molecule has 0 radical (unpaired) electrons. The summed E-state index contributed by atoms with van der Waals surface area (Å²) in [5.41, 5.74) is 3.56. The zero-order valence-electron chi connectivity index (χ0n) is 15.3. The van der Waals surface area contributed by atoms with Crippen LogP contribution in [0.1, 0.15) is 20.8 Å². The molecule has 0 amide bonds. The average molecular weight is 317 g/mol. The van der Waals surface area contributed by atoms with Crippen LogP contribution in [0.2, 0.25) is 0 Å². The Morgan fingerprint density at radius 2 is 2.09 bits per heavy atom. The minimum absolute atomic E-state index is 0.224. The van der Waals surface area contributed by atoms with E-state index in [1.54, 1.807) is 0 Å². The lowest BCUT2D eigenvalue weighted by atomic mass is 10.0. The van der Waals surface area contributed by atoms with Crippen LogP contribution < -0.4 is 16.0 Å². The minimum Gasteiger partial charge on any atom is -0.387 e. The van der Waals surface area contributed by atoms with Crippen molar-refractivity contribution in [1.29, 1.82) is 0 Å². The molecule has 3 unspecified atom stereocenters. The molecule has 3 N–H and O–H groups in total. The van der Waals surface area contributed by atoms with Crippen molar-refractivity contribution >= 4 is 0 Å². The number of rotatable bonds is 5. The minimum atomic E-state index is 0.224. The quantitative estimate of drug-likeness (QED) is 0.718. The van der Waals surface area contributed by atoms with Gasteiger partial charge in [0, 0.05) is 57.4 Å². The second-order valence-electron chi connectivity index (χ2n) is 6.51. The highest BCUT2D eigenvalue weighted by atomic mass is 15.2. The first-order valence-corrected chi connectivity index (χ1v) is 8.27. The highest BCUT2D eigenvalue weighted by Gasteiger charge is 2.24. The Kier molecular flexibility index (Phi) is 5.29. The van der Waals surface area contributed by atoms with Gasteiger partial charge in [-0.15, -0.1) is 0 Å². The molecule has 0 aliphatic carbocycles. The van der Waals surface area contributed by atoms with Crippen molar-refractivity contribution in [3.05, 3.63) is 47.7 Å². The lowest BCUT2D eigenvalue weighted by Gasteiger charge is -2.38. The second-order valence-corrected chi connectivity index (χ2v) is 6.51. The molecule has 0 saturated carbocycles. The first-order valence-electron chi connectivity index (χ1n) is 8.27. The molecular formula is C18H31N5. The van der Waals surface area contributed by atoms with Crippen LogP contribution in [-0.4, -0.2) is 55.6 Å². The number of nitrogens with zero attached hydrogens (tertiary/aromatic N) is 2. The van der Waals surface area contributed by atoms with Crippen LogP contribution in [0.25, 0.3) is 0 Å². The first kappa shape index (κ1) is 17.3. The predicted molar refractivity (Wildman–Crippen MR) is 97.5 cm³/mol. The zero-order chi connectivity index (χ0) is 17.1. The van der Waals surface area contributed by atoms with E-state index >= 15 is 0 Å². The smallest absolute Gasteiger partial charge is 0.102 e. The Bertz CT molecular complexity index is 546. The van der Waals surface area contributed by atoms with E-state index in [1.807, 2.05) is 7.05 Å². The molecule has 2 heterocycles. The van der Waals surface area contributed by atoms with Crippen LogP contribution in [0.5, 0.6) is 0 Å². The normalized spacial score (nSPS) is 25.7. The molecule has 5 nitrogen and oxygen atoms in total. The molecule has 0 aromatic heterocycles. The largest absolute Gasteiger partial charge is 0.387 e. The molecule has 0 saturated heterocycles. The number of nitrogens with one attached hydrogen (secondary N) is 3. The summed E-state index contributed by atoms with van der Waals surface area (Å²) in [6, 6.07) is 0.861. The van der Waals surface area contributed by atoms with Crippen molar-refractivity contribution in [2.75, 3.05) is 27.7 Å². The Morgan fingerprint density at radius 3 is 2.74 bits per heavy atom. The van der Waals surface area contributed by atoms with Crippen LogP contribution in [0, 0.1) is 0 Å². The SMILES string of the molecule is C=C(NC(C)C1=CC(C)N(C)C(NC)=C1)C1CNC=C(C)N1C. The number of hydrogen-bond acceptors (Lipinski definition) is 5. The van der Waals surface area contributed by atoms with Gasteiger partial charge in [-0.1, -0.05) is 12.7 Å². The molecular weight excluding hydrogens is 286 g/mol. The molecule has 0 aromatic rings. The fourth-order valence-electron chi connectivity index (χ4n) is 3.05. The van der Waals surface area contributed by atoms with Crippen LogP contribution in [0.15, 0.2) is 47.7 Å². The Balaban J connectivity index is 2.06. The van der Waals surface area contributed by atoms with Gasteiger partial charge >= 0.3 is 0 Å². The van der Waals surface area contributed by atoms with Gasteiger partial charge in [-0.3, -0.25) is 0 Å². The maximum atomic E-state index is 4.28. The monoisotopic (exact) mass is 317 g/mol. The highest BCUT2D eigenvalue weighted by Crippen LogP contribution is 2.21. The molecule has 0 fully saturated rings. The zero-order valence-corrected chi connectivity index (χ0v) is 15.3. The third kappa shape index (κ3) is 3.66. The molecule has 128 valence electrons. The Morgan fingerprint density at radius 1 is 1.39 bits per heavy atom.